The molecule has 3 aliphatic rings. The van der Waals surface area contributed by atoms with Gasteiger partial charge in [-0.05, 0) is 66.6 Å². The van der Waals surface area contributed by atoms with Gasteiger partial charge in [0.25, 0.3) is 5.91 Å². The second-order valence-electron chi connectivity index (χ2n) is 12.0. The molecule has 3 aliphatic heterocycles. The Morgan fingerprint density at radius 3 is 2.43 bits per heavy atom. The minimum atomic E-state index is -1.62. The Bertz CT molecular complexity index is 1450. The van der Waals surface area contributed by atoms with Crippen LogP contribution < -0.4 is 4.74 Å². The number of benzene rings is 3. The average Bonchev–Trinajstić information content (AvgIpc) is 3.31. The van der Waals surface area contributed by atoms with Gasteiger partial charge in [-0.15, -0.1) is 0 Å². The number of amides is 1. The number of aliphatic hydroxyl groups is 2. The number of hydrogen-bond acceptors (Lipinski definition) is 7. The topological polar surface area (TPSA) is 103 Å². The number of rotatable bonds is 6. The lowest BCUT2D eigenvalue weighted by molar-refractivity contribution is -0.150. The van der Waals surface area contributed by atoms with Crippen molar-refractivity contribution in [3.8, 4) is 11.5 Å². The van der Waals surface area contributed by atoms with E-state index in [-0.39, 0.29) is 35.1 Å². The quantitative estimate of drug-likeness (QED) is 0.354. The number of fused-ring (bicyclic) bond motifs is 2. The van der Waals surface area contributed by atoms with Gasteiger partial charge >= 0.3 is 0 Å². The molecule has 0 radical (unpaired) electrons. The van der Waals surface area contributed by atoms with Crippen LogP contribution in [0, 0.1) is 0 Å². The Balaban J connectivity index is 1.10. The van der Waals surface area contributed by atoms with E-state index in [0.717, 1.165) is 24.0 Å². The van der Waals surface area contributed by atoms with Crippen LogP contribution in [-0.2, 0) is 22.5 Å². The number of piperidine rings is 2. The number of aromatic hydroxyl groups is 1. The molecule has 0 saturated carbocycles. The molecule has 1 spiro atoms. The van der Waals surface area contributed by atoms with Crippen LogP contribution in [0.15, 0.2) is 66.7 Å². The van der Waals surface area contributed by atoms with Crippen molar-refractivity contribution in [1.29, 1.82) is 0 Å². The number of halogens is 1. The van der Waals surface area contributed by atoms with E-state index in [1.165, 1.54) is 23.8 Å². The fraction of sp³-hybridized carbons (Fsp3) is 0.424. The predicted molar refractivity (Wildman–Crippen MR) is 158 cm³/mol. The van der Waals surface area contributed by atoms with Gasteiger partial charge < -0.3 is 29.7 Å². The van der Waals surface area contributed by atoms with E-state index in [2.05, 4.69) is 11.0 Å². The Morgan fingerprint density at radius 1 is 1.00 bits per heavy atom. The second-order valence-corrected chi connectivity index (χ2v) is 12.4. The minimum absolute atomic E-state index is 0.0634. The standard InChI is InChI=1S/C33H37ClN2O6/c1-31(39,22-35-15-13-33(14-16-35)28-10-7-25(34)19-23(28)21-41-33)42-29-20-26(37)8-9-27(29)30(38)36-17-11-32(40,12-18-36)24-5-3-2-4-6-24/h2-10,19-20,37,39-40H,11-18,21-22H2,1H3/t31-/m0/s1. The highest BCUT2D eigenvalue weighted by Gasteiger charge is 2.44. The van der Waals surface area contributed by atoms with Crippen molar-refractivity contribution in [2.45, 2.75) is 56.2 Å². The minimum Gasteiger partial charge on any atom is -0.508 e. The van der Waals surface area contributed by atoms with Gasteiger partial charge in [0.1, 0.15) is 11.5 Å². The summed E-state index contributed by atoms with van der Waals surface area (Å²) in [6.45, 7) is 4.47. The van der Waals surface area contributed by atoms with E-state index in [4.69, 9.17) is 21.1 Å². The molecule has 3 N–H and O–H groups in total. The third-order valence-electron chi connectivity index (χ3n) is 8.96. The zero-order valence-electron chi connectivity index (χ0n) is 23.8. The maximum Gasteiger partial charge on any atom is 0.257 e. The Labute approximate surface area is 251 Å². The van der Waals surface area contributed by atoms with Crippen molar-refractivity contribution in [2.75, 3.05) is 32.7 Å². The second kappa shape index (κ2) is 11.2. The van der Waals surface area contributed by atoms with Crippen LogP contribution in [0.2, 0.25) is 5.02 Å². The molecule has 2 saturated heterocycles. The molecule has 8 nitrogen and oxygen atoms in total. The highest BCUT2D eigenvalue weighted by Crippen LogP contribution is 2.45. The van der Waals surface area contributed by atoms with Crippen LogP contribution >= 0.6 is 11.6 Å². The largest absolute Gasteiger partial charge is 0.508 e. The predicted octanol–water partition coefficient (Wildman–Crippen LogP) is 4.78. The molecule has 222 valence electrons. The van der Waals surface area contributed by atoms with E-state index in [9.17, 15) is 20.1 Å². The number of carbonyl (C=O) groups excluding carboxylic acids is 1. The lowest BCUT2D eigenvalue weighted by Gasteiger charge is -2.41. The first-order chi connectivity index (χ1) is 20.1. The SMILES string of the molecule is C[C@@](O)(CN1CCC2(CC1)OCc1cc(Cl)ccc12)Oc1cc(O)ccc1C(=O)N1CCC(O)(c2ccccc2)CC1. The highest BCUT2D eigenvalue weighted by atomic mass is 35.5. The molecule has 0 aromatic heterocycles. The van der Waals surface area contributed by atoms with Gasteiger partial charge in [-0.25, -0.2) is 0 Å². The van der Waals surface area contributed by atoms with Crippen LogP contribution in [0.5, 0.6) is 11.5 Å². The summed E-state index contributed by atoms with van der Waals surface area (Å²) in [6.07, 6.45) is 2.37. The van der Waals surface area contributed by atoms with E-state index in [1.54, 1.807) is 11.8 Å². The van der Waals surface area contributed by atoms with Gasteiger partial charge in [0, 0.05) is 44.2 Å². The Kier molecular flexibility index (Phi) is 7.70. The molecule has 0 bridgehead atoms. The number of likely N-dealkylation sites (tertiary alicyclic amines) is 2. The van der Waals surface area contributed by atoms with Gasteiger partial charge in [0.2, 0.25) is 5.79 Å². The monoisotopic (exact) mass is 592 g/mol. The first-order valence-corrected chi connectivity index (χ1v) is 14.9. The molecule has 0 unspecified atom stereocenters. The summed E-state index contributed by atoms with van der Waals surface area (Å²) in [5, 5.41) is 33.4. The number of nitrogens with zero attached hydrogens (tertiary/aromatic N) is 2. The smallest absolute Gasteiger partial charge is 0.257 e. The lowest BCUT2D eigenvalue weighted by Crippen LogP contribution is -2.50. The summed E-state index contributed by atoms with van der Waals surface area (Å²) in [6, 6.07) is 19.8. The normalized spacial score (nSPS) is 21.1. The number of phenolic OH excluding ortho intramolecular Hbond substituents is 1. The molecule has 1 atom stereocenters. The summed E-state index contributed by atoms with van der Waals surface area (Å²) in [7, 11) is 0. The van der Waals surface area contributed by atoms with Gasteiger partial charge in [-0.3, -0.25) is 9.69 Å². The molecule has 3 aromatic rings. The van der Waals surface area contributed by atoms with E-state index >= 15 is 0 Å². The maximum atomic E-state index is 13.6. The van der Waals surface area contributed by atoms with Gasteiger partial charge in [0.05, 0.1) is 29.9 Å². The Morgan fingerprint density at radius 2 is 1.71 bits per heavy atom. The molecule has 9 heteroatoms. The first kappa shape index (κ1) is 29.0. The number of β-amino-alcohol motifs (C(OH)–C–C–N with tert-alkyl or cyclic N) is 1. The molecule has 3 aromatic carbocycles. The fourth-order valence-corrected chi connectivity index (χ4v) is 6.84. The number of hydrogen-bond donors (Lipinski definition) is 3. The van der Waals surface area contributed by atoms with Gasteiger partial charge in [-0.2, -0.15) is 0 Å². The van der Waals surface area contributed by atoms with Crippen molar-refractivity contribution in [3.05, 3.63) is 94.0 Å². The van der Waals surface area contributed by atoms with Crippen LogP contribution in [0.4, 0.5) is 0 Å². The molecular formula is C33H37ClN2O6. The molecule has 1 amide bonds. The summed E-state index contributed by atoms with van der Waals surface area (Å²) in [5.41, 5.74) is 2.10. The highest BCUT2D eigenvalue weighted by molar-refractivity contribution is 6.30. The summed E-state index contributed by atoms with van der Waals surface area (Å²) in [5.74, 6) is -1.84. The van der Waals surface area contributed by atoms with Crippen molar-refractivity contribution in [2.24, 2.45) is 0 Å². The van der Waals surface area contributed by atoms with Crippen LogP contribution in [-0.4, -0.2) is 69.5 Å². The lowest BCUT2D eigenvalue weighted by atomic mass is 9.83. The number of ether oxygens (including phenoxy) is 2. The summed E-state index contributed by atoms with van der Waals surface area (Å²) >= 11 is 6.18. The Hall–Kier alpha value is -3.14. The first-order valence-electron chi connectivity index (χ1n) is 14.5. The summed E-state index contributed by atoms with van der Waals surface area (Å²) < 4.78 is 12.3. The molecule has 2 fully saturated rings. The molecule has 42 heavy (non-hydrogen) atoms. The van der Waals surface area contributed by atoms with Gasteiger partial charge in [-0.1, -0.05) is 48.0 Å². The van der Waals surface area contributed by atoms with Crippen LogP contribution in [0.25, 0.3) is 0 Å². The van der Waals surface area contributed by atoms with Crippen molar-refractivity contribution >= 4 is 17.5 Å². The molecule has 6 rings (SSSR count). The third kappa shape index (κ3) is 5.74. The maximum absolute atomic E-state index is 13.6. The van der Waals surface area contributed by atoms with Crippen LogP contribution in [0.1, 0.15) is 59.7 Å². The van der Waals surface area contributed by atoms with Crippen molar-refractivity contribution in [1.82, 2.24) is 9.80 Å². The van der Waals surface area contributed by atoms with E-state index in [1.807, 2.05) is 42.5 Å². The number of phenols is 1. The average molecular weight is 593 g/mol. The molecule has 3 heterocycles. The van der Waals surface area contributed by atoms with Crippen LogP contribution in [0.3, 0.4) is 0 Å². The van der Waals surface area contributed by atoms with Crippen molar-refractivity contribution in [3.63, 3.8) is 0 Å². The fourth-order valence-electron chi connectivity index (χ4n) is 6.65. The summed E-state index contributed by atoms with van der Waals surface area (Å²) in [4.78, 5) is 17.4. The zero-order valence-corrected chi connectivity index (χ0v) is 24.5. The van der Waals surface area contributed by atoms with Crippen molar-refractivity contribution < 1.29 is 29.6 Å². The molecule has 0 aliphatic carbocycles. The van der Waals surface area contributed by atoms with E-state index in [0.29, 0.717) is 50.7 Å². The molecular weight excluding hydrogens is 556 g/mol. The van der Waals surface area contributed by atoms with E-state index < -0.39 is 11.4 Å². The zero-order chi connectivity index (χ0) is 29.5. The number of carbonyl (C=O) groups is 1. The van der Waals surface area contributed by atoms with Gasteiger partial charge in [0.15, 0.2) is 0 Å². The third-order valence-corrected chi connectivity index (χ3v) is 9.19.